The van der Waals surface area contributed by atoms with Crippen LogP contribution in [0.1, 0.15) is 5.56 Å². The van der Waals surface area contributed by atoms with Crippen LogP contribution in [0.3, 0.4) is 0 Å². The SMILES string of the molecule is CS(=O)(=O)N1CCc2cc(NS(=O)(=O)c3ccc4c(c3)OCCO4)ccc21. The molecule has 0 atom stereocenters. The number of rotatable bonds is 4. The third-order valence-corrected chi connectivity index (χ3v) is 6.97. The molecule has 10 heteroatoms. The molecule has 8 nitrogen and oxygen atoms in total. The van der Waals surface area contributed by atoms with Crippen LogP contribution in [0.5, 0.6) is 11.5 Å². The zero-order valence-corrected chi connectivity index (χ0v) is 16.1. The lowest BCUT2D eigenvalue weighted by Crippen LogP contribution is -2.27. The molecule has 2 aromatic carbocycles. The molecule has 144 valence electrons. The number of sulfonamides is 2. The highest BCUT2D eigenvalue weighted by atomic mass is 32.2. The molecule has 0 radical (unpaired) electrons. The van der Waals surface area contributed by atoms with Crippen LogP contribution >= 0.6 is 0 Å². The summed E-state index contributed by atoms with van der Waals surface area (Å²) in [5.74, 6) is 0.903. The second-order valence-corrected chi connectivity index (χ2v) is 9.93. The lowest BCUT2D eigenvalue weighted by Gasteiger charge is -2.19. The van der Waals surface area contributed by atoms with E-state index in [0.717, 1.165) is 11.8 Å². The van der Waals surface area contributed by atoms with Gasteiger partial charge in [-0.1, -0.05) is 0 Å². The van der Waals surface area contributed by atoms with Crippen LogP contribution in [0.4, 0.5) is 11.4 Å². The summed E-state index contributed by atoms with van der Waals surface area (Å²) in [6.45, 7) is 1.15. The normalized spacial score (nSPS) is 16.1. The van der Waals surface area contributed by atoms with Gasteiger partial charge in [0.15, 0.2) is 11.5 Å². The molecule has 2 heterocycles. The average Bonchev–Trinajstić information content (AvgIpc) is 3.04. The maximum absolute atomic E-state index is 12.7. The van der Waals surface area contributed by atoms with E-state index in [2.05, 4.69) is 4.72 Å². The Bertz CT molecular complexity index is 1110. The van der Waals surface area contributed by atoms with E-state index in [0.29, 0.717) is 49.1 Å². The van der Waals surface area contributed by atoms with Crippen molar-refractivity contribution in [1.29, 1.82) is 0 Å². The van der Waals surface area contributed by atoms with Gasteiger partial charge in [-0.3, -0.25) is 9.03 Å². The van der Waals surface area contributed by atoms with Gasteiger partial charge in [-0.15, -0.1) is 0 Å². The predicted molar refractivity (Wildman–Crippen MR) is 101 cm³/mol. The Morgan fingerprint density at radius 2 is 1.70 bits per heavy atom. The molecule has 0 aliphatic carbocycles. The van der Waals surface area contributed by atoms with Gasteiger partial charge in [-0.25, -0.2) is 16.8 Å². The van der Waals surface area contributed by atoms with Crippen LogP contribution in [-0.2, 0) is 26.5 Å². The van der Waals surface area contributed by atoms with E-state index in [4.69, 9.17) is 9.47 Å². The third-order valence-electron chi connectivity index (χ3n) is 4.41. The summed E-state index contributed by atoms with van der Waals surface area (Å²) in [7, 11) is -7.17. The zero-order valence-electron chi connectivity index (χ0n) is 14.5. The molecule has 2 aliphatic heterocycles. The number of anilines is 2. The highest BCUT2D eigenvalue weighted by molar-refractivity contribution is 7.92. The van der Waals surface area contributed by atoms with Gasteiger partial charge in [-0.2, -0.15) is 0 Å². The van der Waals surface area contributed by atoms with Crippen molar-refractivity contribution in [1.82, 2.24) is 0 Å². The quantitative estimate of drug-likeness (QED) is 0.821. The Morgan fingerprint density at radius 3 is 2.44 bits per heavy atom. The smallest absolute Gasteiger partial charge is 0.262 e. The fourth-order valence-electron chi connectivity index (χ4n) is 3.18. The molecule has 0 bridgehead atoms. The summed E-state index contributed by atoms with van der Waals surface area (Å²) in [5.41, 5.74) is 1.74. The van der Waals surface area contributed by atoms with Crippen LogP contribution in [0.15, 0.2) is 41.3 Å². The van der Waals surface area contributed by atoms with E-state index in [-0.39, 0.29) is 4.90 Å². The van der Waals surface area contributed by atoms with Gasteiger partial charge in [0.1, 0.15) is 13.2 Å². The number of fused-ring (bicyclic) bond motifs is 2. The second kappa shape index (κ2) is 6.31. The fourth-order valence-corrected chi connectivity index (χ4v) is 5.21. The molecule has 0 unspecified atom stereocenters. The summed E-state index contributed by atoms with van der Waals surface area (Å²) in [6.07, 6.45) is 1.68. The average molecular weight is 410 g/mol. The first-order valence-electron chi connectivity index (χ1n) is 8.27. The molecule has 1 N–H and O–H groups in total. The van der Waals surface area contributed by atoms with E-state index in [1.165, 1.54) is 16.4 Å². The molecule has 0 spiro atoms. The fraction of sp³-hybridized carbons (Fsp3) is 0.294. The van der Waals surface area contributed by atoms with Gasteiger partial charge in [-0.05, 0) is 42.3 Å². The van der Waals surface area contributed by atoms with Gasteiger partial charge >= 0.3 is 0 Å². The number of nitrogens with zero attached hydrogens (tertiary/aromatic N) is 1. The summed E-state index contributed by atoms with van der Waals surface area (Å²) < 4.78 is 63.7. The van der Waals surface area contributed by atoms with Crippen molar-refractivity contribution in [3.05, 3.63) is 42.0 Å². The number of ether oxygens (including phenoxy) is 2. The lowest BCUT2D eigenvalue weighted by atomic mass is 10.1. The van der Waals surface area contributed by atoms with E-state index in [9.17, 15) is 16.8 Å². The highest BCUT2D eigenvalue weighted by Crippen LogP contribution is 2.34. The number of nitrogens with one attached hydrogen (secondary N) is 1. The van der Waals surface area contributed by atoms with Crippen molar-refractivity contribution in [2.45, 2.75) is 11.3 Å². The Balaban J connectivity index is 1.61. The molecule has 0 amide bonds. The van der Waals surface area contributed by atoms with Gasteiger partial charge in [0.25, 0.3) is 10.0 Å². The summed E-state index contributed by atoms with van der Waals surface area (Å²) in [6, 6.07) is 9.28. The molecule has 0 saturated carbocycles. The number of hydrogen-bond acceptors (Lipinski definition) is 6. The van der Waals surface area contributed by atoms with E-state index >= 15 is 0 Å². The van der Waals surface area contributed by atoms with E-state index in [1.807, 2.05) is 0 Å². The van der Waals surface area contributed by atoms with Crippen LogP contribution in [0, 0.1) is 0 Å². The van der Waals surface area contributed by atoms with Gasteiger partial charge in [0.05, 0.1) is 16.8 Å². The molecule has 27 heavy (non-hydrogen) atoms. The van der Waals surface area contributed by atoms with Crippen molar-refractivity contribution in [3.63, 3.8) is 0 Å². The maximum Gasteiger partial charge on any atom is 0.262 e. The summed E-state index contributed by atoms with van der Waals surface area (Å²) in [4.78, 5) is 0.0602. The molecule has 0 aromatic heterocycles. The molecule has 2 aliphatic rings. The summed E-state index contributed by atoms with van der Waals surface area (Å²) in [5, 5.41) is 0. The van der Waals surface area contributed by atoms with Gasteiger partial charge < -0.3 is 9.47 Å². The molecular formula is C17H18N2O6S2. The number of benzene rings is 2. The van der Waals surface area contributed by atoms with Crippen LogP contribution in [-0.4, -0.2) is 42.8 Å². The molecule has 2 aromatic rings. The van der Waals surface area contributed by atoms with Crippen molar-refractivity contribution in [2.75, 3.05) is 35.0 Å². The molecular weight excluding hydrogens is 392 g/mol. The molecule has 4 rings (SSSR count). The second-order valence-electron chi connectivity index (χ2n) is 6.34. The Kier molecular flexibility index (Phi) is 4.19. The first-order valence-corrected chi connectivity index (χ1v) is 11.6. The molecule has 0 fully saturated rings. The van der Waals surface area contributed by atoms with Crippen molar-refractivity contribution in [2.24, 2.45) is 0 Å². The zero-order chi connectivity index (χ0) is 19.2. The monoisotopic (exact) mass is 410 g/mol. The van der Waals surface area contributed by atoms with E-state index < -0.39 is 20.0 Å². The van der Waals surface area contributed by atoms with Crippen molar-refractivity contribution in [3.8, 4) is 11.5 Å². The molecule has 0 saturated heterocycles. The minimum Gasteiger partial charge on any atom is -0.486 e. The minimum atomic E-state index is -3.82. The summed E-state index contributed by atoms with van der Waals surface area (Å²) >= 11 is 0. The number of hydrogen-bond donors (Lipinski definition) is 1. The van der Waals surface area contributed by atoms with Crippen molar-refractivity contribution >= 4 is 31.4 Å². The Labute approximate surface area is 157 Å². The standard InChI is InChI=1S/C17H18N2O6S2/c1-26(20,21)19-7-6-12-10-13(2-4-15(12)19)18-27(22,23)14-3-5-16-17(11-14)25-9-8-24-16/h2-5,10-11,18H,6-9H2,1H3. The van der Waals surface area contributed by atoms with Crippen LogP contribution < -0.4 is 18.5 Å². The Hall–Kier alpha value is -2.46. The first kappa shape index (κ1) is 17.9. The third kappa shape index (κ3) is 3.42. The highest BCUT2D eigenvalue weighted by Gasteiger charge is 2.27. The van der Waals surface area contributed by atoms with Crippen LogP contribution in [0.25, 0.3) is 0 Å². The van der Waals surface area contributed by atoms with Gasteiger partial charge in [0.2, 0.25) is 10.0 Å². The van der Waals surface area contributed by atoms with Gasteiger partial charge in [0, 0.05) is 18.3 Å². The van der Waals surface area contributed by atoms with Crippen molar-refractivity contribution < 1.29 is 26.3 Å². The lowest BCUT2D eigenvalue weighted by molar-refractivity contribution is 0.171. The first-order chi connectivity index (χ1) is 12.7. The minimum absolute atomic E-state index is 0.0602. The largest absolute Gasteiger partial charge is 0.486 e. The predicted octanol–water partition coefficient (Wildman–Crippen LogP) is 1.58. The van der Waals surface area contributed by atoms with E-state index in [1.54, 1.807) is 24.3 Å². The topological polar surface area (TPSA) is 102 Å². The van der Waals surface area contributed by atoms with Crippen LogP contribution in [0.2, 0.25) is 0 Å². The maximum atomic E-state index is 12.7. The Morgan fingerprint density at radius 1 is 0.963 bits per heavy atom.